The minimum Gasteiger partial charge on any atom is -0.126 e. The van der Waals surface area contributed by atoms with Crippen LogP contribution in [-0.2, 0) is 0 Å². The zero-order chi connectivity index (χ0) is 6.78. The van der Waals surface area contributed by atoms with Crippen LogP contribution in [0.2, 0.25) is 0 Å². The molecule has 0 aromatic rings. The molecule has 50 valence electrons. The van der Waals surface area contributed by atoms with Gasteiger partial charge >= 0.3 is 0 Å². The zero-order valence-corrected chi connectivity index (χ0v) is 7.88. The predicted molar refractivity (Wildman–Crippen MR) is 42.9 cm³/mol. The van der Waals surface area contributed by atoms with Crippen LogP contribution in [0.4, 0.5) is 0 Å². The third kappa shape index (κ3) is 2.93. The van der Waals surface area contributed by atoms with E-state index < -0.39 is 0 Å². The highest BCUT2D eigenvalue weighted by atomic mass is 79.9. The molecule has 0 amide bonds. The molecular weight excluding hydrogens is 187 g/mol. The number of rotatable bonds is 2. The van der Waals surface area contributed by atoms with Crippen molar-refractivity contribution < 1.29 is 0 Å². The Bertz CT molecular complexity index is 65.4. The molecule has 8 heavy (non-hydrogen) atoms. The standard InChI is InChI=1S/C6H12BrCl/c1-5(4-8)6(2,3)7/h5H,4H2,1-3H3. The van der Waals surface area contributed by atoms with Gasteiger partial charge in [-0.15, -0.1) is 11.6 Å². The summed E-state index contributed by atoms with van der Waals surface area (Å²) in [5.41, 5.74) is 0. The lowest BCUT2D eigenvalue weighted by Gasteiger charge is -2.22. The van der Waals surface area contributed by atoms with Gasteiger partial charge in [-0.05, 0) is 19.8 Å². The first-order valence-electron chi connectivity index (χ1n) is 2.73. The predicted octanol–water partition coefficient (Wildman–Crippen LogP) is 3.03. The van der Waals surface area contributed by atoms with E-state index in [0.717, 1.165) is 5.88 Å². The maximum absolute atomic E-state index is 5.61. The van der Waals surface area contributed by atoms with Crippen molar-refractivity contribution in [1.82, 2.24) is 0 Å². The van der Waals surface area contributed by atoms with E-state index in [2.05, 4.69) is 36.7 Å². The van der Waals surface area contributed by atoms with E-state index in [9.17, 15) is 0 Å². The second-order valence-electron chi connectivity index (χ2n) is 2.62. The number of hydrogen-bond donors (Lipinski definition) is 0. The molecule has 0 nitrogen and oxygen atoms in total. The van der Waals surface area contributed by atoms with Gasteiger partial charge in [0.1, 0.15) is 0 Å². The summed E-state index contributed by atoms with van der Waals surface area (Å²) in [5, 5.41) is 0. The van der Waals surface area contributed by atoms with Gasteiger partial charge in [-0.2, -0.15) is 0 Å². The van der Waals surface area contributed by atoms with Crippen LogP contribution >= 0.6 is 27.5 Å². The molecule has 0 saturated carbocycles. The van der Waals surface area contributed by atoms with Gasteiger partial charge < -0.3 is 0 Å². The normalized spacial score (nSPS) is 16.1. The maximum Gasteiger partial charge on any atom is 0.0262 e. The third-order valence-electron chi connectivity index (χ3n) is 1.40. The van der Waals surface area contributed by atoms with Crippen molar-refractivity contribution in [2.45, 2.75) is 25.1 Å². The van der Waals surface area contributed by atoms with Crippen LogP contribution in [0, 0.1) is 5.92 Å². The molecule has 0 saturated heterocycles. The number of hydrogen-bond acceptors (Lipinski definition) is 0. The molecular formula is C6H12BrCl. The van der Waals surface area contributed by atoms with Crippen molar-refractivity contribution >= 4 is 27.5 Å². The molecule has 2 heteroatoms. The highest BCUT2D eigenvalue weighted by Gasteiger charge is 2.20. The van der Waals surface area contributed by atoms with Gasteiger partial charge in [0.2, 0.25) is 0 Å². The topological polar surface area (TPSA) is 0 Å². The van der Waals surface area contributed by atoms with Gasteiger partial charge in [0, 0.05) is 10.2 Å². The van der Waals surface area contributed by atoms with Crippen LogP contribution in [0.3, 0.4) is 0 Å². The van der Waals surface area contributed by atoms with Gasteiger partial charge in [-0.25, -0.2) is 0 Å². The first kappa shape index (κ1) is 8.77. The first-order valence-corrected chi connectivity index (χ1v) is 4.06. The summed E-state index contributed by atoms with van der Waals surface area (Å²) in [6.07, 6.45) is 0. The molecule has 0 radical (unpaired) electrons. The molecule has 0 aliphatic carbocycles. The molecule has 1 atom stereocenters. The molecule has 0 aromatic carbocycles. The van der Waals surface area contributed by atoms with Crippen LogP contribution in [0.5, 0.6) is 0 Å². The van der Waals surface area contributed by atoms with Crippen LogP contribution in [0.15, 0.2) is 0 Å². The van der Waals surface area contributed by atoms with Crippen LogP contribution in [0.25, 0.3) is 0 Å². The van der Waals surface area contributed by atoms with E-state index in [0.29, 0.717) is 5.92 Å². The summed E-state index contributed by atoms with van der Waals surface area (Å²) in [6, 6.07) is 0. The molecule has 0 heterocycles. The van der Waals surface area contributed by atoms with E-state index in [4.69, 9.17) is 11.6 Å². The second kappa shape index (κ2) is 3.07. The fraction of sp³-hybridized carbons (Fsp3) is 1.00. The Morgan fingerprint density at radius 1 is 1.62 bits per heavy atom. The fourth-order valence-electron chi connectivity index (χ4n) is 0.183. The summed E-state index contributed by atoms with van der Waals surface area (Å²) < 4.78 is 0.189. The highest BCUT2D eigenvalue weighted by Crippen LogP contribution is 2.26. The largest absolute Gasteiger partial charge is 0.126 e. The van der Waals surface area contributed by atoms with Gasteiger partial charge in [-0.1, -0.05) is 22.9 Å². The number of alkyl halides is 2. The Morgan fingerprint density at radius 3 is 2.00 bits per heavy atom. The molecule has 0 rings (SSSR count). The summed E-state index contributed by atoms with van der Waals surface area (Å²) in [5.74, 6) is 1.25. The molecule has 0 aliphatic rings. The molecule has 1 unspecified atom stereocenters. The van der Waals surface area contributed by atoms with Crippen molar-refractivity contribution in [1.29, 1.82) is 0 Å². The van der Waals surface area contributed by atoms with Crippen molar-refractivity contribution in [3.05, 3.63) is 0 Å². The van der Waals surface area contributed by atoms with Crippen LogP contribution in [0.1, 0.15) is 20.8 Å². The number of halogens is 2. The van der Waals surface area contributed by atoms with Crippen molar-refractivity contribution in [3.63, 3.8) is 0 Å². The van der Waals surface area contributed by atoms with E-state index in [-0.39, 0.29) is 4.32 Å². The van der Waals surface area contributed by atoms with E-state index in [1.54, 1.807) is 0 Å². The molecule has 0 spiro atoms. The average molecular weight is 200 g/mol. The van der Waals surface area contributed by atoms with E-state index in [1.807, 2.05) is 0 Å². The van der Waals surface area contributed by atoms with Crippen LogP contribution < -0.4 is 0 Å². The lowest BCUT2D eigenvalue weighted by atomic mass is 10.0. The molecule has 0 fully saturated rings. The third-order valence-corrected chi connectivity index (χ3v) is 2.65. The maximum atomic E-state index is 5.61. The van der Waals surface area contributed by atoms with Gasteiger partial charge in [-0.3, -0.25) is 0 Å². The summed E-state index contributed by atoms with van der Waals surface area (Å²) >= 11 is 9.13. The van der Waals surface area contributed by atoms with Gasteiger partial charge in [0.15, 0.2) is 0 Å². The summed E-state index contributed by atoms with van der Waals surface area (Å²) in [6.45, 7) is 6.38. The molecule has 0 bridgehead atoms. The Labute approximate surface area is 64.7 Å². The summed E-state index contributed by atoms with van der Waals surface area (Å²) in [4.78, 5) is 0. The fourth-order valence-corrected chi connectivity index (χ4v) is 0.917. The van der Waals surface area contributed by atoms with Crippen molar-refractivity contribution in [3.8, 4) is 0 Å². The quantitative estimate of drug-likeness (QED) is 0.600. The van der Waals surface area contributed by atoms with Crippen molar-refractivity contribution in [2.24, 2.45) is 5.92 Å². The molecule has 0 aromatic heterocycles. The van der Waals surface area contributed by atoms with E-state index >= 15 is 0 Å². The van der Waals surface area contributed by atoms with E-state index in [1.165, 1.54) is 0 Å². The Morgan fingerprint density at radius 2 is 2.00 bits per heavy atom. The summed E-state index contributed by atoms with van der Waals surface area (Å²) in [7, 11) is 0. The lowest BCUT2D eigenvalue weighted by molar-refractivity contribution is 0.520. The smallest absolute Gasteiger partial charge is 0.0262 e. The second-order valence-corrected chi connectivity index (χ2v) is 4.97. The first-order chi connectivity index (χ1) is 3.48. The SMILES string of the molecule is CC(CCl)C(C)(C)Br. The van der Waals surface area contributed by atoms with Gasteiger partial charge in [0.05, 0.1) is 0 Å². The minimum atomic E-state index is 0.189. The Balaban J connectivity index is 3.62. The Kier molecular flexibility index (Phi) is 3.37. The minimum absolute atomic E-state index is 0.189. The monoisotopic (exact) mass is 198 g/mol. The zero-order valence-electron chi connectivity index (χ0n) is 5.54. The van der Waals surface area contributed by atoms with Crippen LogP contribution in [-0.4, -0.2) is 10.2 Å². The highest BCUT2D eigenvalue weighted by molar-refractivity contribution is 9.10. The van der Waals surface area contributed by atoms with Crippen molar-refractivity contribution in [2.75, 3.05) is 5.88 Å². The van der Waals surface area contributed by atoms with Gasteiger partial charge in [0.25, 0.3) is 0 Å². The molecule has 0 N–H and O–H groups in total. The molecule has 0 aliphatic heterocycles. The Hall–Kier alpha value is 0.770. The lowest BCUT2D eigenvalue weighted by Crippen LogP contribution is -2.22. The average Bonchev–Trinajstić information content (AvgIpc) is 1.62.